The highest BCUT2D eigenvalue weighted by Gasteiger charge is 2.14. The second kappa shape index (κ2) is 4.65. The Hall–Kier alpha value is -1.36. The molecule has 2 N–H and O–H groups in total. The van der Waals surface area contributed by atoms with Gasteiger partial charge in [-0.15, -0.1) is 11.6 Å². The molecule has 0 spiro atoms. The number of imidazole rings is 1. The van der Waals surface area contributed by atoms with Gasteiger partial charge in [-0.05, 0) is 5.92 Å². The zero-order valence-electron chi connectivity index (χ0n) is 9.24. The van der Waals surface area contributed by atoms with Crippen LogP contribution in [0, 0.1) is 5.92 Å². The molecular formula is C10H14ClN5. The first-order valence-electron chi connectivity index (χ1n) is 5.19. The zero-order valence-corrected chi connectivity index (χ0v) is 9.99. The fraction of sp³-hybridized carbons (Fsp3) is 0.500. The monoisotopic (exact) mass is 239 g/mol. The number of halogens is 1. The molecule has 6 heteroatoms. The van der Waals surface area contributed by atoms with Crippen LogP contribution in [0.25, 0.3) is 11.2 Å². The van der Waals surface area contributed by atoms with E-state index in [1.54, 1.807) is 6.33 Å². The van der Waals surface area contributed by atoms with Gasteiger partial charge in [-0.25, -0.2) is 15.0 Å². The Morgan fingerprint density at radius 3 is 2.88 bits per heavy atom. The molecule has 0 aromatic carbocycles. The van der Waals surface area contributed by atoms with E-state index < -0.39 is 0 Å². The molecule has 2 heterocycles. The van der Waals surface area contributed by atoms with E-state index in [4.69, 9.17) is 11.6 Å². The molecule has 0 saturated heterocycles. The lowest BCUT2D eigenvalue weighted by molar-refractivity contribution is 0.563. The van der Waals surface area contributed by atoms with Crippen LogP contribution in [0.5, 0.6) is 0 Å². The minimum Gasteiger partial charge on any atom is -0.364 e. The molecule has 0 bridgehead atoms. The van der Waals surface area contributed by atoms with Gasteiger partial charge in [0.2, 0.25) is 0 Å². The summed E-state index contributed by atoms with van der Waals surface area (Å²) < 4.78 is 0. The first-order valence-corrected chi connectivity index (χ1v) is 5.72. The number of rotatable bonds is 4. The second-order valence-electron chi connectivity index (χ2n) is 3.97. The molecule has 1 unspecified atom stereocenters. The molecule has 0 saturated carbocycles. The van der Waals surface area contributed by atoms with Crippen LogP contribution >= 0.6 is 11.6 Å². The SMILES string of the molecule is CC(C)C(CCl)Nc1ncnc2nc[nH]c12. The maximum atomic E-state index is 5.91. The average molecular weight is 240 g/mol. The summed E-state index contributed by atoms with van der Waals surface area (Å²) in [7, 11) is 0. The van der Waals surface area contributed by atoms with E-state index in [1.165, 1.54) is 6.33 Å². The molecule has 86 valence electrons. The number of aromatic amines is 1. The highest BCUT2D eigenvalue weighted by Crippen LogP contribution is 2.18. The van der Waals surface area contributed by atoms with Gasteiger partial charge >= 0.3 is 0 Å². The summed E-state index contributed by atoms with van der Waals surface area (Å²) in [6.07, 6.45) is 3.10. The summed E-state index contributed by atoms with van der Waals surface area (Å²) in [6.45, 7) is 4.23. The van der Waals surface area contributed by atoms with Crippen LogP contribution in [0.3, 0.4) is 0 Å². The number of anilines is 1. The maximum Gasteiger partial charge on any atom is 0.182 e. The van der Waals surface area contributed by atoms with E-state index in [-0.39, 0.29) is 6.04 Å². The lowest BCUT2D eigenvalue weighted by Gasteiger charge is -2.20. The Labute approximate surface area is 98.7 Å². The average Bonchev–Trinajstić information content (AvgIpc) is 2.73. The Kier molecular flexibility index (Phi) is 3.24. The zero-order chi connectivity index (χ0) is 11.5. The van der Waals surface area contributed by atoms with E-state index in [1.807, 2.05) is 0 Å². The molecule has 0 aliphatic carbocycles. The van der Waals surface area contributed by atoms with Crippen molar-refractivity contribution in [2.24, 2.45) is 5.92 Å². The van der Waals surface area contributed by atoms with Gasteiger partial charge in [-0.3, -0.25) is 0 Å². The lowest BCUT2D eigenvalue weighted by Crippen LogP contribution is -2.28. The predicted molar refractivity (Wildman–Crippen MR) is 64.7 cm³/mol. The quantitative estimate of drug-likeness (QED) is 0.802. The van der Waals surface area contributed by atoms with Crippen LogP contribution in [0.4, 0.5) is 5.82 Å². The molecule has 0 radical (unpaired) electrons. The van der Waals surface area contributed by atoms with Crippen molar-refractivity contribution in [3.63, 3.8) is 0 Å². The fourth-order valence-corrected chi connectivity index (χ4v) is 1.87. The van der Waals surface area contributed by atoms with Gasteiger partial charge in [-0.2, -0.15) is 0 Å². The Bertz CT molecular complexity index is 467. The van der Waals surface area contributed by atoms with Crippen molar-refractivity contribution >= 4 is 28.6 Å². The molecule has 0 aliphatic heterocycles. The fourth-order valence-electron chi connectivity index (χ4n) is 1.43. The highest BCUT2D eigenvalue weighted by molar-refractivity contribution is 6.18. The van der Waals surface area contributed by atoms with Gasteiger partial charge in [0.25, 0.3) is 0 Å². The number of hydrogen-bond acceptors (Lipinski definition) is 4. The number of hydrogen-bond donors (Lipinski definition) is 2. The lowest BCUT2D eigenvalue weighted by atomic mass is 10.1. The summed E-state index contributed by atoms with van der Waals surface area (Å²) in [5.41, 5.74) is 1.48. The minimum atomic E-state index is 0.183. The number of H-pyrrole nitrogens is 1. The van der Waals surface area contributed by atoms with E-state index in [0.717, 1.165) is 11.3 Å². The second-order valence-corrected chi connectivity index (χ2v) is 4.28. The van der Waals surface area contributed by atoms with Gasteiger partial charge in [-0.1, -0.05) is 13.8 Å². The summed E-state index contributed by atoms with van der Waals surface area (Å²) in [4.78, 5) is 15.3. The van der Waals surface area contributed by atoms with E-state index in [2.05, 4.69) is 39.1 Å². The van der Waals surface area contributed by atoms with Crippen molar-refractivity contribution in [3.05, 3.63) is 12.7 Å². The van der Waals surface area contributed by atoms with E-state index in [0.29, 0.717) is 17.4 Å². The molecule has 1 atom stereocenters. The molecule has 0 amide bonds. The van der Waals surface area contributed by atoms with Crippen molar-refractivity contribution in [3.8, 4) is 0 Å². The first kappa shape index (κ1) is 11.1. The van der Waals surface area contributed by atoms with Gasteiger partial charge in [0.15, 0.2) is 11.5 Å². The molecule has 2 aromatic heterocycles. The van der Waals surface area contributed by atoms with Gasteiger partial charge < -0.3 is 10.3 Å². The minimum absolute atomic E-state index is 0.183. The smallest absolute Gasteiger partial charge is 0.182 e. The van der Waals surface area contributed by atoms with Gasteiger partial charge in [0, 0.05) is 11.9 Å². The highest BCUT2D eigenvalue weighted by atomic mass is 35.5. The molecule has 0 fully saturated rings. The van der Waals surface area contributed by atoms with Crippen molar-refractivity contribution in [2.75, 3.05) is 11.2 Å². The molecule has 0 aliphatic rings. The third kappa shape index (κ3) is 2.09. The first-order chi connectivity index (χ1) is 7.72. The van der Waals surface area contributed by atoms with Crippen LogP contribution in [0.15, 0.2) is 12.7 Å². The number of fused-ring (bicyclic) bond motifs is 1. The van der Waals surface area contributed by atoms with Crippen molar-refractivity contribution in [1.29, 1.82) is 0 Å². The molecule has 16 heavy (non-hydrogen) atoms. The number of alkyl halides is 1. The Morgan fingerprint density at radius 2 is 2.19 bits per heavy atom. The van der Waals surface area contributed by atoms with E-state index in [9.17, 15) is 0 Å². The number of aromatic nitrogens is 4. The normalized spacial score (nSPS) is 13.2. The molecule has 2 aromatic rings. The molecular weight excluding hydrogens is 226 g/mol. The Morgan fingerprint density at radius 1 is 1.38 bits per heavy atom. The van der Waals surface area contributed by atoms with Crippen LogP contribution in [0.1, 0.15) is 13.8 Å². The van der Waals surface area contributed by atoms with Crippen LogP contribution < -0.4 is 5.32 Å². The summed E-state index contributed by atoms with van der Waals surface area (Å²) in [5, 5.41) is 3.30. The van der Waals surface area contributed by atoms with Crippen LogP contribution in [-0.4, -0.2) is 31.9 Å². The molecule has 2 rings (SSSR count). The van der Waals surface area contributed by atoms with Crippen molar-refractivity contribution < 1.29 is 0 Å². The summed E-state index contributed by atoms with van der Waals surface area (Å²) in [6, 6.07) is 0.183. The summed E-state index contributed by atoms with van der Waals surface area (Å²) in [5.74, 6) is 1.73. The van der Waals surface area contributed by atoms with Crippen molar-refractivity contribution in [2.45, 2.75) is 19.9 Å². The van der Waals surface area contributed by atoms with Gasteiger partial charge in [0.1, 0.15) is 11.8 Å². The Balaban J connectivity index is 2.29. The number of nitrogens with zero attached hydrogens (tertiary/aromatic N) is 3. The van der Waals surface area contributed by atoms with Crippen molar-refractivity contribution in [1.82, 2.24) is 19.9 Å². The predicted octanol–water partition coefficient (Wildman–Crippen LogP) is 2.03. The summed E-state index contributed by atoms with van der Waals surface area (Å²) >= 11 is 5.91. The van der Waals surface area contributed by atoms with Crippen LogP contribution in [0.2, 0.25) is 0 Å². The number of nitrogens with one attached hydrogen (secondary N) is 2. The largest absolute Gasteiger partial charge is 0.364 e. The van der Waals surface area contributed by atoms with Gasteiger partial charge in [0.05, 0.1) is 6.33 Å². The van der Waals surface area contributed by atoms with E-state index >= 15 is 0 Å². The third-order valence-electron chi connectivity index (χ3n) is 2.52. The molecule has 5 nitrogen and oxygen atoms in total. The standard InChI is InChI=1S/C10H14ClN5/c1-6(2)7(3-11)16-10-8-9(13-4-12-8)14-5-15-10/h4-7H,3H2,1-2H3,(H2,12,13,14,15,16). The topological polar surface area (TPSA) is 66.5 Å². The van der Waals surface area contributed by atoms with Crippen LogP contribution in [-0.2, 0) is 0 Å². The third-order valence-corrected chi connectivity index (χ3v) is 2.85. The maximum absolute atomic E-state index is 5.91.